The molecule has 0 amide bonds. The first kappa shape index (κ1) is 47.0. The second-order valence-corrected chi connectivity index (χ2v) is 20.8. The molecule has 0 radical (unpaired) electrons. The van der Waals surface area contributed by atoms with E-state index in [1.165, 1.54) is 155 Å². The number of H-pyrrole nitrogens is 1. The number of hydrogen-bond acceptors (Lipinski definition) is 0. The van der Waals surface area contributed by atoms with Gasteiger partial charge in [-0.2, -0.15) is 0 Å². The summed E-state index contributed by atoms with van der Waals surface area (Å²) >= 11 is 3.43. The summed E-state index contributed by atoms with van der Waals surface area (Å²) in [6.45, 7) is 4.42. The lowest BCUT2D eigenvalue weighted by Crippen LogP contribution is -1.95. The number of hydrogen-bond donors (Lipinski definition) is 1. The maximum absolute atomic E-state index is 3.76. The van der Waals surface area contributed by atoms with Crippen LogP contribution in [0.1, 0.15) is 33.1 Å². The van der Waals surface area contributed by atoms with E-state index in [2.05, 4.69) is 294 Å². The fourth-order valence-corrected chi connectivity index (χ4v) is 12.2. The molecule has 2 nitrogen and oxygen atoms in total. The molecule has 0 spiro atoms. The zero-order valence-electron chi connectivity index (χ0n) is 42.7. The van der Waals surface area contributed by atoms with Crippen molar-refractivity contribution in [2.24, 2.45) is 0 Å². The molecule has 0 bridgehead atoms. The van der Waals surface area contributed by atoms with Crippen molar-refractivity contribution in [3.63, 3.8) is 0 Å². The molecule has 364 valence electrons. The summed E-state index contributed by atoms with van der Waals surface area (Å²) in [6, 6.07) is 91.7. The fraction of sp³-hybridized carbons (Fsp3) is 0.0685. The highest BCUT2D eigenvalue weighted by atomic mass is 79.9. The van der Waals surface area contributed by atoms with Crippen molar-refractivity contribution >= 4 is 146 Å². The number of nitrogens with one attached hydrogen (secondary N) is 1. The Bertz CT molecular complexity index is 4840. The van der Waals surface area contributed by atoms with Gasteiger partial charge >= 0.3 is 0 Å². The van der Waals surface area contributed by atoms with Crippen molar-refractivity contribution in [2.45, 2.75) is 33.1 Å². The largest absolute Gasteiger partial charge is 0.353 e. The van der Waals surface area contributed by atoms with E-state index < -0.39 is 0 Å². The number of fused-ring (bicyclic) bond motifs is 22. The van der Waals surface area contributed by atoms with Gasteiger partial charge in [0, 0.05) is 53.2 Å². The van der Waals surface area contributed by atoms with Gasteiger partial charge in [0.25, 0.3) is 0 Å². The molecular formula is C73H55BrN2. The summed E-state index contributed by atoms with van der Waals surface area (Å²) in [5, 5.41) is 25.9. The molecule has 1 N–H and O–H groups in total. The molecule has 2 heterocycles. The van der Waals surface area contributed by atoms with Crippen molar-refractivity contribution < 1.29 is 0 Å². The summed E-state index contributed by atoms with van der Waals surface area (Å²) in [5.41, 5.74) is 6.21. The van der Waals surface area contributed by atoms with Crippen molar-refractivity contribution in [1.82, 2.24) is 9.55 Å². The Balaban J connectivity index is 0.000000117. The van der Waals surface area contributed by atoms with Gasteiger partial charge in [-0.25, -0.2) is 0 Å². The van der Waals surface area contributed by atoms with Gasteiger partial charge in [-0.05, 0) is 88.9 Å². The minimum Gasteiger partial charge on any atom is -0.353 e. The third kappa shape index (κ3) is 8.20. The van der Waals surface area contributed by atoms with E-state index in [0.29, 0.717) is 0 Å². The SMILES string of the molecule is Brc1ccc2ccccc2c1.CCCCC.c1ccc2c(c1)ccc1c2[nH]c2c3ccccc3c3ccccc3c12.c1ccc2cc(-n3c4c5ccccc5ccc4c4c5ccccc5c5ccccc5c43)ccc2c1. The smallest absolute Gasteiger partial charge is 0.0626 e. The van der Waals surface area contributed by atoms with Crippen molar-refractivity contribution in [3.8, 4) is 5.69 Å². The van der Waals surface area contributed by atoms with Gasteiger partial charge in [-0.3, -0.25) is 0 Å². The summed E-state index contributed by atoms with van der Waals surface area (Å²) in [7, 11) is 0. The number of rotatable bonds is 3. The molecule has 0 unspecified atom stereocenters. The van der Waals surface area contributed by atoms with Crippen LogP contribution in [-0.4, -0.2) is 9.55 Å². The predicted molar refractivity (Wildman–Crippen MR) is 336 cm³/mol. The average Bonchev–Trinajstić information content (AvgIpc) is 4.07. The Morgan fingerprint density at radius 1 is 0.303 bits per heavy atom. The Hall–Kier alpha value is -8.76. The van der Waals surface area contributed by atoms with Crippen molar-refractivity contribution in [3.05, 3.63) is 259 Å². The highest BCUT2D eigenvalue weighted by Crippen LogP contribution is 2.45. The van der Waals surface area contributed by atoms with Crippen LogP contribution in [0.5, 0.6) is 0 Å². The molecule has 0 saturated carbocycles. The minimum atomic E-state index is 1.14. The van der Waals surface area contributed by atoms with E-state index in [9.17, 15) is 0 Å². The minimum absolute atomic E-state index is 1.14. The van der Waals surface area contributed by atoms with E-state index in [4.69, 9.17) is 0 Å². The fourth-order valence-electron chi connectivity index (χ4n) is 11.8. The van der Waals surface area contributed by atoms with Crippen LogP contribution < -0.4 is 0 Å². The highest BCUT2D eigenvalue weighted by Gasteiger charge is 2.21. The molecule has 0 aliphatic carbocycles. The Morgan fingerprint density at radius 3 is 1.33 bits per heavy atom. The van der Waals surface area contributed by atoms with E-state index in [1.807, 2.05) is 0 Å². The monoisotopic (exact) mass is 1040 g/mol. The molecule has 0 saturated heterocycles. The molecule has 2 aromatic heterocycles. The molecule has 14 aromatic carbocycles. The van der Waals surface area contributed by atoms with E-state index in [1.54, 1.807) is 0 Å². The van der Waals surface area contributed by atoms with Crippen LogP contribution in [0.25, 0.3) is 135 Å². The number of nitrogens with zero attached hydrogens (tertiary/aromatic N) is 1. The first-order valence-electron chi connectivity index (χ1n) is 26.7. The molecule has 0 aliphatic heterocycles. The van der Waals surface area contributed by atoms with Crippen LogP contribution in [0.15, 0.2) is 259 Å². The molecule has 16 rings (SSSR count). The topological polar surface area (TPSA) is 20.7 Å². The molecular weight excluding hydrogens is 985 g/mol. The van der Waals surface area contributed by atoms with Crippen LogP contribution >= 0.6 is 15.9 Å². The zero-order valence-corrected chi connectivity index (χ0v) is 44.3. The van der Waals surface area contributed by atoms with Crippen LogP contribution in [0.2, 0.25) is 0 Å². The zero-order chi connectivity index (χ0) is 51.1. The van der Waals surface area contributed by atoms with Gasteiger partial charge in [0.05, 0.1) is 22.1 Å². The van der Waals surface area contributed by atoms with Crippen LogP contribution in [0.3, 0.4) is 0 Å². The maximum Gasteiger partial charge on any atom is 0.0626 e. The maximum atomic E-state index is 3.76. The number of benzene rings is 14. The average molecular weight is 1040 g/mol. The number of halogens is 1. The summed E-state index contributed by atoms with van der Waals surface area (Å²) < 4.78 is 3.64. The van der Waals surface area contributed by atoms with Gasteiger partial charge in [-0.15, -0.1) is 0 Å². The number of unbranched alkanes of at least 4 members (excludes halogenated alkanes) is 2. The lowest BCUT2D eigenvalue weighted by atomic mass is 9.96. The Labute approximate surface area is 450 Å². The normalized spacial score (nSPS) is 11.5. The third-order valence-electron chi connectivity index (χ3n) is 15.3. The van der Waals surface area contributed by atoms with Gasteiger partial charge in [0.2, 0.25) is 0 Å². The van der Waals surface area contributed by atoms with E-state index in [-0.39, 0.29) is 0 Å². The Morgan fingerprint density at radius 2 is 0.724 bits per heavy atom. The van der Waals surface area contributed by atoms with Crippen LogP contribution in [0, 0.1) is 0 Å². The van der Waals surface area contributed by atoms with Gasteiger partial charge < -0.3 is 9.55 Å². The van der Waals surface area contributed by atoms with E-state index in [0.717, 1.165) is 4.47 Å². The predicted octanol–water partition coefficient (Wildman–Crippen LogP) is 22.0. The third-order valence-corrected chi connectivity index (χ3v) is 15.8. The standard InChI is InChI=1S/C34H21N.C24H15N.C10H7Br.C5H12/c1-2-11-24-21-25(19-17-22(24)9-1)35-33-26-12-4-3-10-23(26)18-20-31(33)32-29-15-7-5-13-27(29)28-14-6-8-16-30(28)34(32)35;1-2-8-16-15(7-1)13-14-21-22-19-11-5-3-9-17(19)18-10-4-6-12-20(18)24(22)25-23(16)21;11-10-6-5-8-3-1-2-4-9(8)7-10;1-3-5-4-2/h1-21H;1-14,25H;1-7H;3-5H2,1-2H3. The molecule has 3 heteroatoms. The van der Waals surface area contributed by atoms with Crippen molar-refractivity contribution in [2.75, 3.05) is 0 Å². The lowest BCUT2D eigenvalue weighted by molar-refractivity contribution is 0.772. The summed E-state index contributed by atoms with van der Waals surface area (Å²) in [4.78, 5) is 3.76. The molecule has 0 fully saturated rings. The van der Waals surface area contributed by atoms with Crippen LogP contribution in [0.4, 0.5) is 0 Å². The molecule has 0 atom stereocenters. The number of aromatic nitrogens is 2. The van der Waals surface area contributed by atoms with Gasteiger partial charge in [0.15, 0.2) is 0 Å². The number of aromatic amines is 1. The molecule has 0 aliphatic rings. The molecule has 16 aromatic rings. The first-order valence-corrected chi connectivity index (χ1v) is 27.5. The first-order chi connectivity index (χ1) is 37.6. The highest BCUT2D eigenvalue weighted by molar-refractivity contribution is 9.10. The Kier molecular flexibility index (Phi) is 12.5. The van der Waals surface area contributed by atoms with Gasteiger partial charge in [-0.1, -0.05) is 280 Å². The van der Waals surface area contributed by atoms with Crippen molar-refractivity contribution in [1.29, 1.82) is 0 Å². The molecule has 76 heavy (non-hydrogen) atoms. The lowest BCUT2D eigenvalue weighted by Gasteiger charge is -2.13. The van der Waals surface area contributed by atoms with Crippen LogP contribution in [-0.2, 0) is 0 Å². The second kappa shape index (κ2) is 20.2. The second-order valence-electron chi connectivity index (χ2n) is 19.9. The van der Waals surface area contributed by atoms with Gasteiger partial charge in [0.1, 0.15) is 0 Å². The summed E-state index contributed by atoms with van der Waals surface area (Å²) in [5.74, 6) is 0. The quantitative estimate of drug-likeness (QED) is 0.170. The van der Waals surface area contributed by atoms with E-state index >= 15 is 0 Å². The summed E-state index contributed by atoms with van der Waals surface area (Å²) in [6.07, 6.45) is 4.08.